The van der Waals surface area contributed by atoms with Crippen LogP contribution in [0.1, 0.15) is 21.8 Å². The summed E-state index contributed by atoms with van der Waals surface area (Å²) in [4.78, 5) is 14.2. The van der Waals surface area contributed by atoms with Crippen LogP contribution in [0.15, 0.2) is 53.4 Å². The number of halogens is 2. The summed E-state index contributed by atoms with van der Waals surface area (Å²) in [5, 5.41) is 1.56. The fraction of sp³-hybridized carbons (Fsp3) is 0.280. The summed E-state index contributed by atoms with van der Waals surface area (Å²) in [6.07, 6.45) is 0.640. The quantitative estimate of drug-likeness (QED) is 0.320. The Kier molecular flexibility index (Phi) is 6.76. The van der Waals surface area contributed by atoms with Crippen LogP contribution in [0.25, 0.3) is 10.2 Å². The van der Waals surface area contributed by atoms with Crippen LogP contribution in [0.3, 0.4) is 0 Å². The van der Waals surface area contributed by atoms with Gasteiger partial charge in [0.15, 0.2) is 0 Å². The molecule has 182 valence electrons. The van der Waals surface area contributed by atoms with Crippen molar-refractivity contribution in [2.24, 2.45) is 0 Å². The third-order valence-corrected chi connectivity index (χ3v) is 10.0. The van der Waals surface area contributed by atoms with Crippen molar-refractivity contribution in [3.63, 3.8) is 0 Å². The molecule has 1 saturated heterocycles. The van der Waals surface area contributed by atoms with E-state index in [-0.39, 0.29) is 9.92 Å². The van der Waals surface area contributed by atoms with Gasteiger partial charge in [0.1, 0.15) is 21.4 Å². The molecule has 3 heterocycles. The van der Waals surface area contributed by atoms with Gasteiger partial charge in [0.05, 0.1) is 10.4 Å². The van der Waals surface area contributed by atoms with Gasteiger partial charge >= 0.3 is 0 Å². The lowest BCUT2D eigenvalue weighted by Gasteiger charge is -2.35. The third kappa shape index (κ3) is 4.78. The number of sulfonamides is 1. The van der Waals surface area contributed by atoms with E-state index in [1.54, 1.807) is 17.4 Å². The maximum Gasteiger partial charge on any atom is 0.244 e. The van der Waals surface area contributed by atoms with Crippen LogP contribution < -0.4 is 4.90 Å². The first-order chi connectivity index (χ1) is 16.7. The summed E-state index contributed by atoms with van der Waals surface area (Å²) in [6, 6.07) is 14.7. The molecule has 5 rings (SSSR count). The van der Waals surface area contributed by atoms with Crippen molar-refractivity contribution in [2.75, 3.05) is 31.1 Å². The number of nitrogens with zero attached hydrogens (tertiary/aromatic N) is 4. The summed E-state index contributed by atoms with van der Waals surface area (Å²) >= 11 is 13.9. The molecule has 0 atom stereocenters. The van der Waals surface area contributed by atoms with E-state index in [9.17, 15) is 8.42 Å². The second-order valence-electron chi connectivity index (χ2n) is 8.56. The van der Waals surface area contributed by atoms with Gasteiger partial charge in [-0.05, 0) is 43.2 Å². The number of aryl methyl sites for hydroxylation is 2. The van der Waals surface area contributed by atoms with Crippen LogP contribution in [0, 0.1) is 13.8 Å². The smallest absolute Gasteiger partial charge is 0.244 e. The van der Waals surface area contributed by atoms with E-state index < -0.39 is 10.0 Å². The number of thiophene rings is 1. The van der Waals surface area contributed by atoms with Crippen LogP contribution >= 0.6 is 34.5 Å². The number of aromatic nitrogens is 2. The van der Waals surface area contributed by atoms with Crippen molar-refractivity contribution in [1.29, 1.82) is 0 Å². The zero-order valence-corrected chi connectivity index (χ0v) is 22.5. The van der Waals surface area contributed by atoms with Gasteiger partial charge in [0.2, 0.25) is 10.0 Å². The highest BCUT2D eigenvalue weighted by Gasteiger charge is 2.32. The van der Waals surface area contributed by atoms with E-state index >= 15 is 0 Å². The van der Waals surface area contributed by atoms with E-state index in [2.05, 4.69) is 30.9 Å². The fourth-order valence-corrected chi connectivity index (χ4v) is 7.51. The van der Waals surface area contributed by atoms with Gasteiger partial charge in [0.25, 0.3) is 0 Å². The number of hydrogen-bond acceptors (Lipinski definition) is 6. The molecule has 0 unspecified atom stereocenters. The summed E-state index contributed by atoms with van der Waals surface area (Å²) in [5.41, 5.74) is 2.32. The number of fused-ring (bicyclic) bond motifs is 1. The molecule has 0 amide bonds. The minimum Gasteiger partial charge on any atom is -0.353 e. The van der Waals surface area contributed by atoms with E-state index in [0.717, 1.165) is 27.4 Å². The summed E-state index contributed by atoms with van der Waals surface area (Å²) in [5.74, 6) is 1.64. The second-order valence-corrected chi connectivity index (χ2v) is 12.5. The molecule has 6 nitrogen and oxygen atoms in total. The van der Waals surface area contributed by atoms with Gasteiger partial charge < -0.3 is 4.90 Å². The van der Waals surface area contributed by atoms with Crippen LogP contribution in [0.4, 0.5) is 5.82 Å². The zero-order valence-electron chi connectivity index (χ0n) is 19.3. The molecule has 4 aromatic rings. The first-order valence-corrected chi connectivity index (χ1v) is 14.3. The fourth-order valence-electron chi connectivity index (χ4n) is 4.31. The van der Waals surface area contributed by atoms with Crippen molar-refractivity contribution in [1.82, 2.24) is 14.3 Å². The van der Waals surface area contributed by atoms with Crippen molar-refractivity contribution < 1.29 is 8.42 Å². The Labute approximate surface area is 219 Å². The highest BCUT2D eigenvalue weighted by Crippen LogP contribution is 2.36. The number of piperazine rings is 1. The third-order valence-electron chi connectivity index (χ3n) is 6.31. The minimum atomic E-state index is -3.76. The Morgan fingerprint density at radius 3 is 2.40 bits per heavy atom. The van der Waals surface area contributed by atoms with Crippen LogP contribution in [0.2, 0.25) is 10.0 Å². The Balaban J connectivity index is 1.45. The largest absolute Gasteiger partial charge is 0.353 e. The average Bonchev–Trinajstić information content (AvgIpc) is 3.14. The van der Waals surface area contributed by atoms with Gasteiger partial charge in [0, 0.05) is 42.5 Å². The zero-order chi connectivity index (χ0) is 24.7. The van der Waals surface area contributed by atoms with E-state index in [0.29, 0.717) is 37.6 Å². The van der Waals surface area contributed by atoms with Gasteiger partial charge in [-0.15, -0.1) is 11.3 Å². The van der Waals surface area contributed by atoms with Crippen molar-refractivity contribution >= 4 is 60.6 Å². The van der Waals surface area contributed by atoms with Crippen LogP contribution in [0.5, 0.6) is 0 Å². The van der Waals surface area contributed by atoms with Crippen LogP contribution in [-0.2, 0) is 16.4 Å². The molecule has 0 bridgehead atoms. The molecular weight excluding hydrogens is 523 g/mol. The summed E-state index contributed by atoms with van der Waals surface area (Å²) in [6.45, 7) is 5.88. The van der Waals surface area contributed by atoms with Crippen molar-refractivity contribution in [3.8, 4) is 0 Å². The van der Waals surface area contributed by atoms with Crippen molar-refractivity contribution in [2.45, 2.75) is 25.2 Å². The molecule has 1 fully saturated rings. The predicted octanol–water partition coefficient (Wildman–Crippen LogP) is 5.72. The molecular formula is C25H24Cl2N4O2S2. The standard InChI is InChI=1S/C25H24Cl2N4O2S2/c1-16-17(2)34-25-23(16)24(28-22(29-25)14-18-6-4-3-5-7-18)30-10-12-31(13-11-30)35(32,33)21-15-19(26)8-9-20(21)27/h3-9,15H,10-14H2,1-2H3. The molecule has 35 heavy (non-hydrogen) atoms. The molecule has 0 N–H and O–H groups in total. The van der Waals surface area contributed by atoms with Crippen molar-refractivity contribution in [3.05, 3.63) is 80.4 Å². The molecule has 10 heteroatoms. The maximum absolute atomic E-state index is 13.3. The van der Waals surface area contributed by atoms with Crippen LogP contribution in [-0.4, -0.2) is 48.9 Å². The summed E-state index contributed by atoms with van der Waals surface area (Å²) in [7, 11) is -3.76. The molecule has 2 aromatic heterocycles. The molecule has 0 aliphatic carbocycles. The second kappa shape index (κ2) is 9.67. The van der Waals surface area contributed by atoms with E-state index in [4.69, 9.17) is 33.2 Å². The number of hydrogen-bond donors (Lipinski definition) is 0. The van der Waals surface area contributed by atoms with E-state index in [1.807, 2.05) is 18.2 Å². The van der Waals surface area contributed by atoms with Gasteiger partial charge in [-0.1, -0.05) is 53.5 Å². The Morgan fingerprint density at radius 2 is 1.69 bits per heavy atom. The number of rotatable bonds is 5. The lowest BCUT2D eigenvalue weighted by Crippen LogP contribution is -2.49. The molecule has 1 aliphatic rings. The average molecular weight is 548 g/mol. The van der Waals surface area contributed by atoms with Gasteiger partial charge in [-0.25, -0.2) is 18.4 Å². The Bertz CT molecular complexity index is 1500. The Morgan fingerprint density at radius 1 is 0.971 bits per heavy atom. The normalized spacial score (nSPS) is 15.1. The van der Waals surface area contributed by atoms with Gasteiger partial charge in [-0.2, -0.15) is 4.31 Å². The van der Waals surface area contributed by atoms with E-state index in [1.165, 1.54) is 26.9 Å². The monoisotopic (exact) mass is 546 g/mol. The maximum atomic E-state index is 13.3. The molecule has 0 radical (unpaired) electrons. The number of benzene rings is 2. The SMILES string of the molecule is Cc1sc2nc(Cc3ccccc3)nc(N3CCN(S(=O)(=O)c4cc(Cl)ccc4Cl)CC3)c2c1C. The lowest BCUT2D eigenvalue weighted by atomic mass is 10.1. The molecule has 0 saturated carbocycles. The number of anilines is 1. The molecule has 1 aliphatic heterocycles. The molecule has 2 aromatic carbocycles. The first-order valence-electron chi connectivity index (χ1n) is 11.2. The predicted molar refractivity (Wildman–Crippen MR) is 144 cm³/mol. The highest BCUT2D eigenvalue weighted by atomic mass is 35.5. The first kappa shape index (κ1) is 24.5. The minimum absolute atomic E-state index is 0.0407. The Hall–Kier alpha value is -2.23. The lowest BCUT2D eigenvalue weighted by molar-refractivity contribution is 0.384. The topological polar surface area (TPSA) is 66.4 Å². The highest BCUT2D eigenvalue weighted by molar-refractivity contribution is 7.89. The summed E-state index contributed by atoms with van der Waals surface area (Å²) < 4.78 is 28.0. The molecule has 0 spiro atoms. The van der Waals surface area contributed by atoms with Gasteiger partial charge in [-0.3, -0.25) is 0 Å².